The highest BCUT2D eigenvalue weighted by atomic mass is 16.2. The van der Waals surface area contributed by atoms with Gasteiger partial charge in [-0.25, -0.2) is 9.37 Å². The number of nitrogens with one attached hydrogen (secondary N) is 2. The molecule has 0 saturated heterocycles. The summed E-state index contributed by atoms with van der Waals surface area (Å²) in [7, 11) is 1.98. The molecule has 6 nitrogen and oxygen atoms in total. The number of benzene rings is 2. The second kappa shape index (κ2) is 8.86. The van der Waals surface area contributed by atoms with Crippen LogP contribution >= 0.6 is 0 Å². The number of carbonyl (C=O) groups excluding carboxylic acids is 1. The molecule has 2 N–H and O–H groups in total. The van der Waals surface area contributed by atoms with Gasteiger partial charge in [-0.3, -0.25) is 0 Å². The first-order chi connectivity index (χ1) is 14.6. The van der Waals surface area contributed by atoms with E-state index in [9.17, 15) is 4.79 Å². The smallest absolute Gasteiger partial charge is 0.322 e. The molecule has 0 saturated carbocycles. The molecular formula is C24H27N5O. The number of nitrogens with zero attached hydrogens (tertiary/aromatic N) is 3. The zero-order chi connectivity index (χ0) is 20.9. The Morgan fingerprint density at radius 3 is 2.80 bits per heavy atom. The van der Waals surface area contributed by atoms with E-state index < -0.39 is 0 Å². The molecule has 0 bridgehead atoms. The summed E-state index contributed by atoms with van der Waals surface area (Å²) < 4.78 is 1.98. The van der Waals surface area contributed by atoms with Crippen LogP contribution in [-0.2, 0) is 13.0 Å². The summed E-state index contributed by atoms with van der Waals surface area (Å²) in [5, 5.41) is 10.8. The van der Waals surface area contributed by atoms with Crippen molar-refractivity contribution in [1.82, 2.24) is 10.2 Å². The minimum Gasteiger partial charge on any atom is -0.683 e. The van der Waals surface area contributed by atoms with Gasteiger partial charge in [-0.05, 0) is 35.9 Å². The van der Waals surface area contributed by atoms with Gasteiger partial charge in [0.25, 0.3) is 0 Å². The van der Waals surface area contributed by atoms with Crippen LogP contribution in [0.3, 0.4) is 0 Å². The molecule has 0 fully saturated rings. The Labute approximate surface area is 177 Å². The van der Waals surface area contributed by atoms with E-state index in [0.717, 1.165) is 29.9 Å². The Morgan fingerprint density at radius 2 is 2.00 bits per heavy atom. The Morgan fingerprint density at radius 1 is 1.20 bits per heavy atom. The van der Waals surface area contributed by atoms with Crippen molar-refractivity contribution in [3.63, 3.8) is 0 Å². The zero-order valence-corrected chi connectivity index (χ0v) is 17.4. The van der Waals surface area contributed by atoms with Gasteiger partial charge in [-0.15, -0.1) is 0 Å². The second-order valence-electron chi connectivity index (χ2n) is 7.66. The van der Waals surface area contributed by atoms with Gasteiger partial charge in [-0.1, -0.05) is 54.9 Å². The number of urea groups is 1. The first kappa shape index (κ1) is 19.8. The molecule has 2 heterocycles. The molecule has 2 aliphatic heterocycles. The quantitative estimate of drug-likeness (QED) is 0.708. The van der Waals surface area contributed by atoms with Crippen molar-refractivity contribution in [2.45, 2.75) is 25.9 Å². The molecule has 2 amide bonds. The number of anilines is 1. The average Bonchev–Trinajstić information content (AvgIpc) is 2.74. The fraction of sp³-hybridized carbons (Fsp3) is 0.250. The zero-order valence-electron chi connectivity index (χ0n) is 17.4. The first-order valence-electron chi connectivity index (χ1n) is 10.2. The van der Waals surface area contributed by atoms with E-state index >= 15 is 0 Å². The lowest BCUT2D eigenvalue weighted by atomic mass is 10.0. The third kappa shape index (κ3) is 4.71. The molecular weight excluding hydrogens is 374 g/mol. The maximum atomic E-state index is 12.8. The lowest BCUT2D eigenvalue weighted by molar-refractivity contribution is -0.429. The summed E-state index contributed by atoms with van der Waals surface area (Å²) in [6.07, 6.45) is 8.49. The lowest BCUT2D eigenvalue weighted by Gasteiger charge is -2.29. The minimum atomic E-state index is -0.0645. The molecule has 2 aliphatic rings. The van der Waals surface area contributed by atoms with Crippen molar-refractivity contribution < 1.29 is 9.37 Å². The van der Waals surface area contributed by atoms with Gasteiger partial charge >= 0.3 is 6.03 Å². The summed E-state index contributed by atoms with van der Waals surface area (Å²) in [6, 6.07) is 16.1. The standard InChI is InChI=1S/C24H27N5O/c1-18(25-11-12-26-23-16-28(2)17-23)20-8-5-9-22(14-20)27-24(30)29-13-10-19-6-3-4-7-21(19)15-29/h3-9,11-12,14,16-18,26H,10,13,15H2,1-2H3,(H,27,30). The maximum Gasteiger partial charge on any atom is 0.322 e. The van der Waals surface area contributed by atoms with E-state index in [-0.39, 0.29) is 12.1 Å². The first-order valence-corrected chi connectivity index (χ1v) is 10.2. The van der Waals surface area contributed by atoms with E-state index in [2.05, 4.69) is 34.1 Å². The highest BCUT2D eigenvalue weighted by molar-refractivity contribution is 5.89. The monoisotopic (exact) mass is 401 g/mol. The van der Waals surface area contributed by atoms with Crippen LogP contribution in [0.25, 0.3) is 5.32 Å². The van der Waals surface area contributed by atoms with Gasteiger partial charge in [-0.2, -0.15) is 6.20 Å². The fourth-order valence-electron chi connectivity index (χ4n) is 3.64. The predicted octanol–water partition coefficient (Wildman–Crippen LogP) is 4.34. The Hall–Kier alpha value is -3.54. The molecule has 4 rings (SSSR count). The van der Waals surface area contributed by atoms with Crippen molar-refractivity contribution in [1.29, 1.82) is 0 Å². The van der Waals surface area contributed by atoms with Gasteiger partial charge in [0, 0.05) is 18.8 Å². The van der Waals surface area contributed by atoms with E-state index in [1.807, 2.05) is 72.4 Å². The molecule has 1 unspecified atom stereocenters. The lowest BCUT2D eigenvalue weighted by Crippen LogP contribution is -2.38. The van der Waals surface area contributed by atoms with Crippen LogP contribution in [0.1, 0.15) is 29.7 Å². The summed E-state index contributed by atoms with van der Waals surface area (Å²) in [6.45, 7) is 3.42. The average molecular weight is 402 g/mol. The third-order valence-electron chi connectivity index (χ3n) is 5.36. The van der Waals surface area contributed by atoms with Crippen LogP contribution in [0.2, 0.25) is 0 Å². The van der Waals surface area contributed by atoms with Crippen LogP contribution in [0.5, 0.6) is 0 Å². The Kier molecular flexibility index (Phi) is 5.84. The normalized spacial score (nSPS) is 16.1. The minimum absolute atomic E-state index is 0.0104. The van der Waals surface area contributed by atoms with Crippen molar-refractivity contribution >= 4 is 17.9 Å². The molecule has 0 aliphatic carbocycles. The summed E-state index contributed by atoms with van der Waals surface area (Å²) in [5.41, 5.74) is 5.46. The SMILES string of the molecule is CC([N-]C=CNC1=C[N+](C)=C1)c1cccc(NC(=O)N2CCc3ccccc3C2)c1. The number of hydrogen-bond donors (Lipinski definition) is 2. The molecule has 2 aromatic carbocycles. The largest absolute Gasteiger partial charge is 0.683 e. The molecule has 0 spiro atoms. The predicted molar refractivity (Wildman–Crippen MR) is 120 cm³/mol. The second-order valence-corrected chi connectivity index (χ2v) is 7.66. The fourth-order valence-corrected chi connectivity index (χ4v) is 3.64. The number of allylic oxidation sites excluding steroid dienone is 1. The number of fused-ring (bicyclic) bond motifs is 1. The van der Waals surface area contributed by atoms with E-state index in [4.69, 9.17) is 0 Å². The molecule has 0 radical (unpaired) electrons. The molecule has 6 heteroatoms. The molecule has 154 valence electrons. The topological polar surface area (TPSA) is 61.5 Å². The van der Waals surface area contributed by atoms with E-state index in [1.165, 1.54) is 11.1 Å². The Balaban J connectivity index is 1.31. The van der Waals surface area contributed by atoms with Crippen LogP contribution in [0.4, 0.5) is 10.5 Å². The van der Waals surface area contributed by atoms with Gasteiger partial charge in [0.1, 0.15) is 7.05 Å². The van der Waals surface area contributed by atoms with Crippen LogP contribution in [-0.4, -0.2) is 35.3 Å². The van der Waals surface area contributed by atoms with Crippen molar-refractivity contribution in [2.75, 3.05) is 18.9 Å². The Bertz CT molecular complexity index is 1020. The maximum absolute atomic E-state index is 12.8. The van der Waals surface area contributed by atoms with E-state index in [1.54, 1.807) is 6.20 Å². The van der Waals surface area contributed by atoms with Crippen molar-refractivity contribution in [3.8, 4) is 0 Å². The number of rotatable bonds is 6. The van der Waals surface area contributed by atoms with Gasteiger partial charge < -0.3 is 20.9 Å². The summed E-state index contributed by atoms with van der Waals surface area (Å²) in [5.74, 6) is 0. The highest BCUT2D eigenvalue weighted by Gasteiger charge is 2.20. The van der Waals surface area contributed by atoms with Gasteiger partial charge in [0.2, 0.25) is 0 Å². The highest BCUT2D eigenvalue weighted by Crippen LogP contribution is 2.25. The van der Waals surface area contributed by atoms with Crippen LogP contribution < -0.4 is 10.6 Å². The van der Waals surface area contributed by atoms with Gasteiger partial charge in [0.05, 0.1) is 0 Å². The third-order valence-corrected chi connectivity index (χ3v) is 5.36. The van der Waals surface area contributed by atoms with Crippen LogP contribution in [0, 0.1) is 0 Å². The molecule has 30 heavy (non-hydrogen) atoms. The molecule has 2 aromatic rings. The molecule has 1 atom stereocenters. The summed E-state index contributed by atoms with van der Waals surface area (Å²) >= 11 is 0. The van der Waals surface area contributed by atoms with Crippen LogP contribution in [0.15, 0.2) is 72.8 Å². The number of carbonyl (C=O) groups is 1. The number of amides is 2. The van der Waals surface area contributed by atoms with Crippen molar-refractivity contribution in [3.05, 3.63) is 94.8 Å². The summed E-state index contributed by atoms with van der Waals surface area (Å²) in [4.78, 5) is 14.6. The van der Waals surface area contributed by atoms with E-state index in [0.29, 0.717) is 6.54 Å². The van der Waals surface area contributed by atoms with Gasteiger partial charge in [0.15, 0.2) is 18.1 Å². The molecule has 0 aromatic heterocycles. The van der Waals surface area contributed by atoms with Crippen molar-refractivity contribution in [2.24, 2.45) is 0 Å². The number of hydrogen-bond acceptors (Lipinski definition) is 2.